The quantitative estimate of drug-likeness (QED) is 0.415. The van der Waals surface area contributed by atoms with Crippen LogP contribution < -0.4 is 5.32 Å². The van der Waals surface area contributed by atoms with E-state index < -0.39 is 14.9 Å². The topological polar surface area (TPSA) is 66.0 Å². The maximum Gasteiger partial charge on any atom is 0.500 e. The van der Waals surface area contributed by atoms with Crippen LogP contribution in [0.1, 0.15) is 32.8 Å². The van der Waals surface area contributed by atoms with Gasteiger partial charge in [-0.2, -0.15) is 0 Å². The molecule has 0 saturated carbocycles. The Morgan fingerprint density at radius 2 is 1.65 bits per heavy atom. The number of alkyl carbamates (subject to hydrolysis) is 1. The highest BCUT2D eigenvalue weighted by molar-refractivity contribution is 6.60. The van der Waals surface area contributed by atoms with Crippen molar-refractivity contribution in [2.45, 2.75) is 33.2 Å². The first-order valence-corrected chi connectivity index (χ1v) is 11.1. The van der Waals surface area contributed by atoms with Gasteiger partial charge in [-0.05, 0) is 38.8 Å². The third-order valence-corrected chi connectivity index (χ3v) is 6.59. The van der Waals surface area contributed by atoms with Gasteiger partial charge in [-0.15, -0.1) is 0 Å². The van der Waals surface area contributed by atoms with Crippen LogP contribution >= 0.6 is 0 Å². The van der Waals surface area contributed by atoms with E-state index in [9.17, 15) is 4.79 Å². The van der Waals surface area contributed by atoms with Crippen LogP contribution in [0.4, 0.5) is 4.79 Å². The van der Waals surface area contributed by atoms with Crippen molar-refractivity contribution < 1.29 is 22.8 Å². The molecule has 0 heterocycles. The van der Waals surface area contributed by atoms with Crippen molar-refractivity contribution in [3.63, 3.8) is 0 Å². The van der Waals surface area contributed by atoms with Gasteiger partial charge in [0.25, 0.3) is 0 Å². The number of carbonyl (C=O) groups excluding carboxylic acids is 1. The summed E-state index contributed by atoms with van der Waals surface area (Å²) < 4.78 is 22.5. The predicted molar refractivity (Wildman–Crippen MR) is 105 cm³/mol. The highest BCUT2D eigenvalue weighted by atomic mass is 28.4. The highest BCUT2D eigenvalue weighted by Gasteiger charge is 2.39. The number of ether oxygens (including phenoxy) is 1. The number of hydrogen-bond acceptors (Lipinski definition) is 5. The fourth-order valence-corrected chi connectivity index (χ4v) is 5.03. The van der Waals surface area contributed by atoms with E-state index in [1.165, 1.54) is 0 Å². The normalized spacial score (nSPS) is 11.7. The molecule has 1 aromatic rings. The molecule has 146 valence electrons. The van der Waals surface area contributed by atoms with Gasteiger partial charge in [-0.1, -0.05) is 36.4 Å². The summed E-state index contributed by atoms with van der Waals surface area (Å²) in [7, 11) is -2.64. The molecule has 1 N–H and O–H groups in total. The molecule has 0 aromatic heterocycles. The summed E-state index contributed by atoms with van der Waals surface area (Å²) in [6.45, 7) is 8.16. The van der Waals surface area contributed by atoms with Gasteiger partial charge in [-0.25, -0.2) is 4.79 Å². The van der Waals surface area contributed by atoms with E-state index in [1.54, 1.807) is 0 Å². The lowest BCUT2D eigenvalue weighted by atomic mass is 10.2. The van der Waals surface area contributed by atoms with Gasteiger partial charge in [-0.3, -0.25) is 0 Å². The number of hydrogen-bond donors (Lipinski definition) is 1. The summed E-state index contributed by atoms with van der Waals surface area (Å²) in [6, 6.07) is 10.5. The van der Waals surface area contributed by atoms with Crippen LogP contribution in [0.2, 0.25) is 6.04 Å². The van der Waals surface area contributed by atoms with E-state index in [0.717, 1.165) is 5.56 Å². The maximum atomic E-state index is 11.7. The molecule has 0 saturated heterocycles. The average Bonchev–Trinajstić information content (AvgIpc) is 2.64. The summed E-state index contributed by atoms with van der Waals surface area (Å²) in [4.78, 5) is 11.7. The Morgan fingerprint density at radius 1 is 1.04 bits per heavy atom. The molecule has 0 atom stereocenters. The summed E-state index contributed by atoms with van der Waals surface area (Å²) in [5, 5.41) is 2.74. The molecule has 0 aliphatic carbocycles. The molecule has 0 bridgehead atoms. The van der Waals surface area contributed by atoms with Crippen molar-refractivity contribution in [2.24, 2.45) is 0 Å². The molecule has 0 fully saturated rings. The first-order chi connectivity index (χ1) is 12.7. The average molecular weight is 382 g/mol. The minimum Gasteiger partial charge on any atom is -0.445 e. The third-order valence-electron chi connectivity index (χ3n) is 3.44. The lowest BCUT2D eigenvalue weighted by molar-refractivity contribution is 0.0707. The van der Waals surface area contributed by atoms with Crippen molar-refractivity contribution in [3.8, 4) is 0 Å². The van der Waals surface area contributed by atoms with Crippen LogP contribution in [-0.4, -0.2) is 47.9 Å². The maximum absolute atomic E-state index is 11.7. The van der Waals surface area contributed by atoms with Crippen LogP contribution in [0.25, 0.3) is 6.08 Å². The van der Waals surface area contributed by atoms with Crippen molar-refractivity contribution in [2.75, 3.05) is 33.0 Å². The standard InChI is InChI=1S/C19H31NO5Si/c1-4-23-26(24-5-2,25-6-3)17-11-15-20-19(21)22-16-10-14-18-12-8-7-9-13-18/h7-10,12-14H,4-6,11,15-17H2,1-3H3,(H,20,21). The largest absolute Gasteiger partial charge is 0.500 e. The minimum atomic E-state index is -2.64. The lowest BCUT2D eigenvalue weighted by Gasteiger charge is -2.28. The number of benzene rings is 1. The monoisotopic (exact) mass is 381 g/mol. The summed E-state index contributed by atoms with van der Waals surface area (Å²) in [5.41, 5.74) is 1.07. The zero-order valence-electron chi connectivity index (χ0n) is 16.0. The summed E-state index contributed by atoms with van der Waals surface area (Å²) in [5.74, 6) is 0. The van der Waals surface area contributed by atoms with Gasteiger partial charge in [0.1, 0.15) is 6.61 Å². The minimum absolute atomic E-state index is 0.232. The molecule has 0 aliphatic rings. The van der Waals surface area contributed by atoms with Gasteiger partial charge in [0.2, 0.25) is 0 Å². The second-order valence-electron chi connectivity index (χ2n) is 5.42. The molecule has 0 unspecified atom stereocenters. The Labute approximate surface area is 157 Å². The van der Waals surface area contributed by atoms with Crippen molar-refractivity contribution in [1.29, 1.82) is 0 Å². The molecule has 0 radical (unpaired) electrons. The second-order valence-corrected chi connectivity index (χ2v) is 8.16. The number of carbonyl (C=O) groups is 1. The van der Waals surface area contributed by atoms with Crippen LogP contribution in [0.15, 0.2) is 36.4 Å². The molecule has 7 heteroatoms. The number of amides is 1. The number of rotatable bonds is 13. The van der Waals surface area contributed by atoms with Gasteiger partial charge in [0, 0.05) is 32.4 Å². The van der Waals surface area contributed by atoms with Gasteiger partial charge < -0.3 is 23.3 Å². The summed E-state index contributed by atoms with van der Waals surface area (Å²) >= 11 is 0. The number of nitrogens with one attached hydrogen (secondary N) is 1. The van der Waals surface area contributed by atoms with Crippen LogP contribution in [0, 0.1) is 0 Å². The van der Waals surface area contributed by atoms with E-state index in [1.807, 2.05) is 63.3 Å². The Morgan fingerprint density at radius 3 is 2.23 bits per heavy atom. The first kappa shape index (κ1) is 22.4. The fourth-order valence-electron chi connectivity index (χ4n) is 2.42. The fraction of sp³-hybridized carbons (Fsp3) is 0.526. The van der Waals surface area contributed by atoms with E-state index in [0.29, 0.717) is 38.8 Å². The van der Waals surface area contributed by atoms with E-state index >= 15 is 0 Å². The van der Waals surface area contributed by atoms with Crippen molar-refractivity contribution in [3.05, 3.63) is 42.0 Å². The smallest absolute Gasteiger partial charge is 0.445 e. The lowest BCUT2D eigenvalue weighted by Crippen LogP contribution is -2.46. The Bertz CT molecular complexity index is 507. The van der Waals surface area contributed by atoms with Gasteiger partial charge in [0.05, 0.1) is 0 Å². The molecular formula is C19H31NO5Si. The predicted octanol–water partition coefficient (Wildman–Crippen LogP) is 3.86. The van der Waals surface area contributed by atoms with Crippen molar-refractivity contribution in [1.82, 2.24) is 5.32 Å². The molecule has 1 amide bonds. The third kappa shape index (κ3) is 9.14. The molecule has 1 aromatic carbocycles. The molecular weight excluding hydrogens is 350 g/mol. The molecule has 0 spiro atoms. The first-order valence-electron chi connectivity index (χ1n) is 9.19. The van der Waals surface area contributed by atoms with Gasteiger partial charge >= 0.3 is 14.9 Å². The summed E-state index contributed by atoms with van der Waals surface area (Å²) in [6.07, 6.45) is 4.01. The molecule has 26 heavy (non-hydrogen) atoms. The van der Waals surface area contributed by atoms with Crippen LogP contribution in [0.3, 0.4) is 0 Å². The zero-order chi connectivity index (χ0) is 19.1. The molecule has 6 nitrogen and oxygen atoms in total. The SMILES string of the molecule is CCO[Si](CCCNC(=O)OCC=Cc1ccccc1)(OCC)OCC. The molecule has 1 rings (SSSR count). The molecule has 0 aliphatic heterocycles. The van der Waals surface area contributed by atoms with Crippen LogP contribution in [-0.2, 0) is 18.0 Å². The Balaban J connectivity index is 2.26. The highest BCUT2D eigenvalue weighted by Crippen LogP contribution is 2.17. The Kier molecular flexibility index (Phi) is 11.6. The van der Waals surface area contributed by atoms with Gasteiger partial charge in [0.15, 0.2) is 0 Å². The second kappa shape index (κ2) is 13.5. The van der Waals surface area contributed by atoms with Crippen LogP contribution in [0.5, 0.6) is 0 Å². The van der Waals surface area contributed by atoms with Crippen molar-refractivity contribution >= 4 is 21.0 Å². The van der Waals surface area contributed by atoms with E-state index in [4.69, 9.17) is 18.0 Å². The van der Waals surface area contributed by atoms with E-state index in [-0.39, 0.29) is 6.61 Å². The zero-order valence-corrected chi connectivity index (χ0v) is 17.0. The Hall–Kier alpha value is -1.67. The van der Waals surface area contributed by atoms with E-state index in [2.05, 4.69) is 5.32 Å².